The summed E-state index contributed by atoms with van der Waals surface area (Å²) in [6.07, 6.45) is 4.72. The fourth-order valence-corrected chi connectivity index (χ4v) is 4.03. The highest BCUT2D eigenvalue weighted by Crippen LogP contribution is 2.34. The van der Waals surface area contributed by atoms with Crippen LogP contribution in [0.5, 0.6) is 5.75 Å². The normalized spacial score (nSPS) is 19.1. The van der Waals surface area contributed by atoms with Gasteiger partial charge in [-0.2, -0.15) is 0 Å². The van der Waals surface area contributed by atoms with Crippen LogP contribution in [0.25, 0.3) is 0 Å². The average Bonchev–Trinajstić information content (AvgIpc) is 3.29. The molecule has 2 heterocycles. The Balaban J connectivity index is 1.66. The first-order valence-electron chi connectivity index (χ1n) is 8.87. The van der Waals surface area contributed by atoms with E-state index < -0.39 is 0 Å². The zero-order valence-corrected chi connectivity index (χ0v) is 14.4. The number of H-pyrrole nitrogens is 1. The van der Waals surface area contributed by atoms with Gasteiger partial charge in [0.1, 0.15) is 11.3 Å². The maximum Gasteiger partial charge on any atom is 0.261 e. The van der Waals surface area contributed by atoms with Crippen molar-refractivity contribution in [3.05, 3.63) is 63.1 Å². The van der Waals surface area contributed by atoms with Gasteiger partial charge in [0, 0.05) is 12.2 Å². The van der Waals surface area contributed by atoms with E-state index in [0.717, 1.165) is 54.7 Å². The summed E-state index contributed by atoms with van der Waals surface area (Å²) in [7, 11) is 1.64. The number of methoxy groups -OCH3 is 1. The first kappa shape index (κ1) is 15.9. The molecule has 1 N–H and O–H groups in total. The van der Waals surface area contributed by atoms with E-state index in [0.29, 0.717) is 6.54 Å². The Labute approximate surface area is 146 Å². The van der Waals surface area contributed by atoms with Crippen molar-refractivity contribution in [2.75, 3.05) is 13.7 Å². The van der Waals surface area contributed by atoms with Crippen molar-refractivity contribution in [3.8, 4) is 5.75 Å². The standard InChI is InChI=1S/C20H22N2O3/c1-25-15-7-2-6-14(11-15)18-9-4-10-22(18)20(24)16-12-13-5-3-8-17(13)21-19(16)23/h2,6-7,11-12,18H,3-5,8-10H2,1H3,(H,21,23)/t18-/m0/s1. The number of amides is 1. The second-order valence-corrected chi connectivity index (χ2v) is 6.80. The van der Waals surface area contributed by atoms with E-state index in [1.165, 1.54) is 0 Å². The Kier molecular flexibility index (Phi) is 4.07. The predicted octanol–water partition coefficient (Wildman–Crippen LogP) is 2.85. The van der Waals surface area contributed by atoms with Crippen molar-refractivity contribution in [1.82, 2.24) is 9.88 Å². The lowest BCUT2D eigenvalue weighted by Gasteiger charge is -2.25. The topological polar surface area (TPSA) is 62.4 Å². The number of nitrogens with zero attached hydrogens (tertiary/aromatic N) is 1. The molecule has 2 aliphatic rings. The molecule has 1 aliphatic carbocycles. The van der Waals surface area contributed by atoms with E-state index in [1.54, 1.807) is 7.11 Å². The van der Waals surface area contributed by atoms with Gasteiger partial charge >= 0.3 is 0 Å². The largest absolute Gasteiger partial charge is 0.497 e. The summed E-state index contributed by atoms with van der Waals surface area (Å²) in [5, 5.41) is 0. The summed E-state index contributed by atoms with van der Waals surface area (Å²) in [5.74, 6) is 0.619. The lowest BCUT2D eigenvalue weighted by Crippen LogP contribution is -2.34. The number of aromatic nitrogens is 1. The summed E-state index contributed by atoms with van der Waals surface area (Å²) >= 11 is 0. The Morgan fingerprint density at radius 2 is 2.12 bits per heavy atom. The first-order valence-corrected chi connectivity index (χ1v) is 8.87. The molecule has 1 fully saturated rings. The van der Waals surface area contributed by atoms with Gasteiger partial charge in [-0.15, -0.1) is 0 Å². The highest BCUT2D eigenvalue weighted by Gasteiger charge is 2.32. The molecule has 4 rings (SSSR count). The number of hydrogen-bond donors (Lipinski definition) is 1. The molecule has 1 aliphatic heterocycles. The maximum atomic E-state index is 13.1. The number of aryl methyl sites for hydroxylation is 2. The van der Waals surface area contributed by atoms with Gasteiger partial charge in [-0.25, -0.2) is 0 Å². The number of carbonyl (C=O) groups is 1. The molecule has 5 heteroatoms. The van der Waals surface area contributed by atoms with Gasteiger partial charge in [-0.1, -0.05) is 12.1 Å². The minimum absolute atomic E-state index is 0.00439. The molecule has 0 spiro atoms. The van der Waals surface area contributed by atoms with Crippen LogP contribution >= 0.6 is 0 Å². The van der Waals surface area contributed by atoms with Crippen molar-refractivity contribution in [2.45, 2.75) is 38.1 Å². The zero-order chi connectivity index (χ0) is 17.4. The SMILES string of the molecule is COc1cccc([C@@H]2CCCN2C(=O)c2cc3c([nH]c2=O)CCC3)c1. The number of fused-ring (bicyclic) bond motifs is 1. The molecule has 1 aromatic carbocycles. The highest BCUT2D eigenvalue weighted by atomic mass is 16.5. The molecule has 2 aromatic rings. The van der Waals surface area contributed by atoms with E-state index in [2.05, 4.69) is 4.98 Å². The van der Waals surface area contributed by atoms with Crippen LogP contribution < -0.4 is 10.3 Å². The molecule has 1 atom stereocenters. The van der Waals surface area contributed by atoms with E-state index in [1.807, 2.05) is 35.2 Å². The van der Waals surface area contributed by atoms with Crippen molar-refractivity contribution in [1.29, 1.82) is 0 Å². The zero-order valence-electron chi connectivity index (χ0n) is 14.4. The Morgan fingerprint density at radius 1 is 1.24 bits per heavy atom. The molecule has 130 valence electrons. The van der Waals surface area contributed by atoms with Crippen molar-refractivity contribution < 1.29 is 9.53 Å². The summed E-state index contributed by atoms with van der Waals surface area (Å²) in [4.78, 5) is 30.2. The maximum absolute atomic E-state index is 13.1. The van der Waals surface area contributed by atoms with Crippen LogP contribution in [0.15, 0.2) is 35.1 Å². The molecule has 0 radical (unpaired) electrons. The number of pyridine rings is 1. The number of benzene rings is 1. The summed E-state index contributed by atoms with van der Waals surface area (Å²) in [6, 6.07) is 9.64. The van der Waals surface area contributed by atoms with Gasteiger partial charge in [0.05, 0.1) is 13.2 Å². The molecule has 0 unspecified atom stereocenters. The van der Waals surface area contributed by atoms with Gasteiger partial charge in [0.25, 0.3) is 11.5 Å². The van der Waals surface area contributed by atoms with Crippen LogP contribution in [0.3, 0.4) is 0 Å². The molecule has 0 saturated carbocycles. The smallest absolute Gasteiger partial charge is 0.261 e. The average molecular weight is 338 g/mol. The Hall–Kier alpha value is -2.56. The first-order chi connectivity index (χ1) is 12.2. The van der Waals surface area contributed by atoms with Crippen LogP contribution in [0.4, 0.5) is 0 Å². The Bertz CT molecular complexity index is 871. The third kappa shape index (κ3) is 2.84. The minimum atomic E-state index is -0.262. The van der Waals surface area contributed by atoms with Crippen molar-refractivity contribution >= 4 is 5.91 Å². The van der Waals surface area contributed by atoms with Crippen molar-refractivity contribution in [3.63, 3.8) is 0 Å². The second kappa shape index (κ2) is 6.39. The molecule has 25 heavy (non-hydrogen) atoms. The fraction of sp³-hybridized carbons (Fsp3) is 0.400. The summed E-state index contributed by atoms with van der Waals surface area (Å²) < 4.78 is 5.31. The molecule has 1 amide bonds. The second-order valence-electron chi connectivity index (χ2n) is 6.80. The lowest BCUT2D eigenvalue weighted by molar-refractivity contribution is 0.0733. The minimum Gasteiger partial charge on any atom is -0.497 e. The van der Waals surface area contributed by atoms with Crippen LogP contribution in [0.1, 0.15) is 52.5 Å². The molecule has 1 aromatic heterocycles. The number of nitrogens with one attached hydrogen (secondary N) is 1. The quantitative estimate of drug-likeness (QED) is 0.936. The summed E-state index contributed by atoms with van der Waals surface area (Å²) in [6.45, 7) is 0.678. The number of likely N-dealkylation sites (tertiary alicyclic amines) is 1. The van der Waals surface area contributed by atoms with Crippen LogP contribution in [-0.4, -0.2) is 29.4 Å². The van der Waals surface area contributed by atoms with Gasteiger partial charge in [-0.05, 0) is 61.4 Å². The van der Waals surface area contributed by atoms with E-state index in [4.69, 9.17) is 4.74 Å². The number of rotatable bonds is 3. The van der Waals surface area contributed by atoms with E-state index in [-0.39, 0.29) is 23.1 Å². The third-order valence-corrected chi connectivity index (χ3v) is 5.31. The number of aromatic amines is 1. The van der Waals surface area contributed by atoms with Gasteiger partial charge in [0.15, 0.2) is 0 Å². The summed E-state index contributed by atoms with van der Waals surface area (Å²) in [5.41, 5.74) is 3.17. The van der Waals surface area contributed by atoms with Gasteiger partial charge in [-0.3, -0.25) is 9.59 Å². The monoisotopic (exact) mass is 338 g/mol. The lowest BCUT2D eigenvalue weighted by atomic mass is 10.0. The van der Waals surface area contributed by atoms with Crippen LogP contribution in [0.2, 0.25) is 0 Å². The molecule has 1 saturated heterocycles. The predicted molar refractivity (Wildman–Crippen MR) is 95.1 cm³/mol. The number of ether oxygens (including phenoxy) is 1. The van der Waals surface area contributed by atoms with Crippen molar-refractivity contribution in [2.24, 2.45) is 0 Å². The molecular weight excluding hydrogens is 316 g/mol. The number of carbonyl (C=O) groups excluding carboxylic acids is 1. The Morgan fingerprint density at radius 3 is 2.96 bits per heavy atom. The highest BCUT2D eigenvalue weighted by molar-refractivity contribution is 5.94. The van der Waals surface area contributed by atoms with Crippen LogP contribution in [-0.2, 0) is 12.8 Å². The molecule has 5 nitrogen and oxygen atoms in total. The van der Waals surface area contributed by atoms with Gasteiger partial charge in [0.2, 0.25) is 0 Å². The van der Waals surface area contributed by atoms with E-state index >= 15 is 0 Å². The molecule has 0 bridgehead atoms. The fourth-order valence-electron chi connectivity index (χ4n) is 4.03. The molecular formula is C20H22N2O3. The number of hydrogen-bond acceptors (Lipinski definition) is 3. The third-order valence-electron chi connectivity index (χ3n) is 5.31. The van der Waals surface area contributed by atoms with E-state index in [9.17, 15) is 9.59 Å². The van der Waals surface area contributed by atoms with Crippen LogP contribution in [0, 0.1) is 0 Å². The van der Waals surface area contributed by atoms with Gasteiger partial charge < -0.3 is 14.6 Å².